The van der Waals surface area contributed by atoms with Crippen molar-refractivity contribution in [1.82, 2.24) is 5.32 Å². The average molecular weight is 251 g/mol. The largest absolute Gasteiger partial charge is 0.493 e. The van der Waals surface area contributed by atoms with Crippen molar-refractivity contribution in [2.24, 2.45) is 0 Å². The summed E-state index contributed by atoms with van der Waals surface area (Å²) in [6.45, 7) is 2.13. The van der Waals surface area contributed by atoms with Crippen LogP contribution in [0.3, 0.4) is 0 Å². The topological polar surface area (TPSA) is 64.6 Å². The predicted octanol–water partition coefficient (Wildman–Crippen LogP) is 1.05. The van der Waals surface area contributed by atoms with Crippen molar-refractivity contribution < 1.29 is 19.1 Å². The Bertz CT molecular complexity index is 417. The molecule has 1 amide bonds. The van der Waals surface area contributed by atoms with Crippen LogP contribution < -0.4 is 10.1 Å². The highest BCUT2D eigenvalue weighted by atomic mass is 16.5. The average Bonchev–Trinajstić information content (AvgIpc) is 2.36. The van der Waals surface area contributed by atoms with Gasteiger partial charge in [0, 0.05) is 0 Å². The zero-order valence-electron chi connectivity index (χ0n) is 10.6. The summed E-state index contributed by atoms with van der Waals surface area (Å²) in [5.41, 5.74) is 1.10. The number of esters is 1. The van der Waals surface area contributed by atoms with Gasteiger partial charge in [-0.2, -0.15) is 0 Å². The quantitative estimate of drug-likeness (QED) is 0.768. The van der Waals surface area contributed by atoms with E-state index in [4.69, 9.17) is 4.74 Å². The van der Waals surface area contributed by atoms with Gasteiger partial charge in [-0.15, -0.1) is 0 Å². The minimum Gasteiger partial charge on any atom is -0.493 e. The third-order valence-electron chi connectivity index (χ3n) is 2.24. The second-order valence-electron chi connectivity index (χ2n) is 3.77. The van der Waals surface area contributed by atoms with Crippen LogP contribution in [0.2, 0.25) is 0 Å². The van der Waals surface area contributed by atoms with Crippen LogP contribution in [0.5, 0.6) is 5.75 Å². The number of amides is 1. The summed E-state index contributed by atoms with van der Waals surface area (Å²) in [6, 6.07) is 7.59. The van der Waals surface area contributed by atoms with Gasteiger partial charge >= 0.3 is 5.97 Å². The molecule has 0 saturated heterocycles. The van der Waals surface area contributed by atoms with Gasteiger partial charge < -0.3 is 14.8 Å². The molecular weight excluding hydrogens is 234 g/mol. The Kier molecular flexibility index (Phi) is 5.70. The summed E-state index contributed by atoms with van der Waals surface area (Å²) in [5, 5.41) is 2.44. The van der Waals surface area contributed by atoms with Crippen LogP contribution in [0, 0.1) is 6.92 Å². The Morgan fingerprint density at radius 2 is 2.11 bits per heavy atom. The van der Waals surface area contributed by atoms with E-state index >= 15 is 0 Å². The molecule has 0 atom stereocenters. The van der Waals surface area contributed by atoms with Crippen molar-refractivity contribution in [3.63, 3.8) is 0 Å². The van der Waals surface area contributed by atoms with E-state index in [1.807, 2.05) is 31.2 Å². The van der Waals surface area contributed by atoms with Gasteiger partial charge in [-0.3, -0.25) is 9.59 Å². The lowest BCUT2D eigenvalue weighted by Crippen LogP contribution is -2.30. The number of hydrogen-bond acceptors (Lipinski definition) is 4. The summed E-state index contributed by atoms with van der Waals surface area (Å²) in [4.78, 5) is 22.1. The van der Waals surface area contributed by atoms with E-state index in [2.05, 4.69) is 10.1 Å². The van der Waals surface area contributed by atoms with Crippen LogP contribution in [0.25, 0.3) is 0 Å². The Morgan fingerprint density at radius 1 is 1.33 bits per heavy atom. The van der Waals surface area contributed by atoms with E-state index in [1.165, 1.54) is 7.11 Å². The number of carbonyl (C=O) groups is 2. The Balaban J connectivity index is 2.21. The number of methoxy groups -OCH3 is 1. The molecule has 1 N–H and O–H groups in total. The Hall–Kier alpha value is -2.04. The van der Waals surface area contributed by atoms with Crippen molar-refractivity contribution in [3.8, 4) is 5.75 Å². The lowest BCUT2D eigenvalue weighted by molar-refractivity contribution is -0.141. The molecule has 0 radical (unpaired) electrons. The number of hydrogen-bond donors (Lipinski definition) is 1. The second-order valence-corrected chi connectivity index (χ2v) is 3.77. The highest BCUT2D eigenvalue weighted by Gasteiger charge is 2.05. The molecule has 98 valence electrons. The molecule has 0 aliphatic heterocycles. The first-order valence-electron chi connectivity index (χ1n) is 5.65. The van der Waals surface area contributed by atoms with E-state index in [-0.39, 0.29) is 25.5 Å². The number of rotatable bonds is 6. The SMILES string of the molecule is COC(=O)CNC(=O)CCOc1cccc(C)c1. The van der Waals surface area contributed by atoms with E-state index < -0.39 is 5.97 Å². The zero-order valence-corrected chi connectivity index (χ0v) is 10.6. The second kappa shape index (κ2) is 7.32. The van der Waals surface area contributed by atoms with Crippen molar-refractivity contribution in [1.29, 1.82) is 0 Å². The molecule has 0 aliphatic rings. The lowest BCUT2D eigenvalue weighted by Gasteiger charge is -2.07. The first kappa shape index (κ1) is 14.0. The molecule has 5 nitrogen and oxygen atoms in total. The van der Waals surface area contributed by atoms with Crippen molar-refractivity contribution >= 4 is 11.9 Å². The molecule has 0 aliphatic carbocycles. The molecule has 0 spiro atoms. The van der Waals surface area contributed by atoms with Gasteiger partial charge in [-0.05, 0) is 24.6 Å². The monoisotopic (exact) mass is 251 g/mol. The van der Waals surface area contributed by atoms with Crippen LogP contribution in [0.1, 0.15) is 12.0 Å². The maximum absolute atomic E-state index is 11.3. The Morgan fingerprint density at radius 3 is 2.78 bits per heavy atom. The minimum atomic E-state index is -0.469. The molecular formula is C13H17NO4. The smallest absolute Gasteiger partial charge is 0.325 e. The Labute approximate surface area is 106 Å². The van der Waals surface area contributed by atoms with Gasteiger partial charge in [0.2, 0.25) is 5.91 Å². The number of aryl methyl sites for hydroxylation is 1. The fraction of sp³-hybridized carbons (Fsp3) is 0.385. The molecule has 0 bridgehead atoms. The summed E-state index contributed by atoms with van der Waals surface area (Å²) >= 11 is 0. The van der Waals surface area contributed by atoms with E-state index in [0.29, 0.717) is 0 Å². The zero-order chi connectivity index (χ0) is 13.4. The molecule has 1 rings (SSSR count). The molecule has 1 aromatic carbocycles. The highest BCUT2D eigenvalue weighted by Crippen LogP contribution is 2.12. The fourth-order valence-electron chi connectivity index (χ4n) is 1.30. The number of carbonyl (C=O) groups excluding carboxylic acids is 2. The third-order valence-corrected chi connectivity index (χ3v) is 2.24. The van der Waals surface area contributed by atoms with Gasteiger partial charge in [0.15, 0.2) is 0 Å². The van der Waals surface area contributed by atoms with E-state index in [0.717, 1.165) is 11.3 Å². The summed E-state index contributed by atoms with van der Waals surface area (Å²) in [7, 11) is 1.27. The van der Waals surface area contributed by atoms with Crippen LogP contribution in [0.15, 0.2) is 24.3 Å². The molecule has 5 heteroatoms. The maximum atomic E-state index is 11.3. The molecule has 18 heavy (non-hydrogen) atoms. The molecule has 0 saturated carbocycles. The predicted molar refractivity (Wildman–Crippen MR) is 66.3 cm³/mol. The molecule has 0 fully saturated rings. The van der Waals surface area contributed by atoms with Crippen molar-refractivity contribution in [2.75, 3.05) is 20.3 Å². The van der Waals surface area contributed by atoms with E-state index in [1.54, 1.807) is 0 Å². The van der Waals surface area contributed by atoms with Crippen molar-refractivity contribution in [3.05, 3.63) is 29.8 Å². The molecule has 0 heterocycles. The van der Waals surface area contributed by atoms with Gasteiger partial charge in [0.25, 0.3) is 0 Å². The first-order valence-corrected chi connectivity index (χ1v) is 5.65. The third kappa shape index (κ3) is 5.34. The molecule has 1 aromatic rings. The number of nitrogens with one attached hydrogen (secondary N) is 1. The minimum absolute atomic E-state index is 0.111. The standard InChI is InChI=1S/C13H17NO4/c1-10-4-3-5-11(8-10)18-7-6-12(15)14-9-13(16)17-2/h3-5,8H,6-7,9H2,1-2H3,(H,14,15). The van der Waals surface area contributed by atoms with E-state index in [9.17, 15) is 9.59 Å². The van der Waals surface area contributed by atoms with Crippen LogP contribution >= 0.6 is 0 Å². The maximum Gasteiger partial charge on any atom is 0.325 e. The van der Waals surface area contributed by atoms with Crippen LogP contribution in [-0.2, 0) is 14.3 Å². The summed E-state index contributed by atoms with van der Waals surface area (Å²) in [5.74, 6) is 0.0202. The van der Waals surface area contributed by atoms with Crippen LogP contribution in [0.4, 0.5) is 0 Å². The molecule has 0 unspecified atom stereocenters. The van der Waals surface area contributed by atoms with Gasteiger partial charge in [-0.25, -0.2) is 0 Å². The fourth-order valence-corrected chi connectivity index (χ4v) is 1.30. The number of benzene rings is 1. The highest BCUT2D eigenvalue weighted by molar-refractivity contribution is 5.81. The van der Waals surface area contributed by atoms with Gasteiger partial charge in [0.1, 0.15) is 12.3 Å². The van der Waals surface area contributed by atoms with Gasteiger partial charge in [-0.1, -0.05) is 12.1 Å². The first-order chi connectivity index (χ1) is 8.61. The van der Waals surface area contributed by atoms with Crippen molar-refractivity contribution in [2.45, 2.75) is 13.3 Å². The van der Waals surface area contributed by atoms with Crippen LogP contribution in [-0.4, -0.2) is 32.1 Å². The normalized spacial score (nSPS) is 9.67. The number of ether oxygens (including phenoxy) is 2. The van der Waals surface area contributed by atoms with Gasteiger partial charge in [0.05, 0.1) is 20.1 Å². The lowest BCUT2D eigenvalue weighted by atomic mass is 10.2. The summed E-state index contributed by atoms with van der Waals surface area (Å²) in [6.07, 6.45) is 0.199. The summed E-state index contributed by atoms with van der Waals surface area (Å²) < 4.78 is 9.82. The molecule has 0 aromatic heterocycles.